The highest BCUT2D eigenvalue weighted by molar-refractivity contribution is 6.35. The fourth-order valence-corrected chi connectivity index (χ4v) is 5.39. The first-order valence-electron chi connectivity index (χ1n) is 14.0. The van der Waals surface area contributed by atoms with Crippen LogP contribution in [0, 0.1) is 12.7 Å². The van der Waals surface area contributed by atoms with E-state index in [1.165, 1.54) is 44.0 Å². The van der Waals surface area contributed by atoms with E-state index in [0.717, 1.165) is 0 Å². The fourth-order valence-electron chi connectivity index (χ4n) is 5.10. The smallest absolute Gasteiger partial charge is 0.318 e. The first-order valence-corrected chi connectivity index (χ1v) is 14.4. The molecule has 2 aromatic heterocycles. The Kier molecular flexibility index (Phi) is 10.0. The molecule has 0 saturated carbocycles. The molecular weight excluding hydrogens is 571 g/mol. The molecule has 0 amide bonds. The number of aromatic nitrogens is 3. The van der Waals surface area contributed by atoms with Gasteiger partial charge >= 0.3 is 6.01 Å². The number of hydrogen-bond acceptors (Lipinski definition) is 9. The third-order valence-corrected chi connectivity index (χ3v) is 7.35. The fraction of sp³-hybridized carbons (Fsp3) is 0.483. The molecule has 2 aliphatic heterocycles. The third-order valence-electron chi connectivity index (χ3n) is 7.05. The highest BCUT2D eigenvalue weighted by Crippen LogP contribution is 2.42. The van der Waals surface area contributed by atoms with Crippen molar-refractivity contribution >= 4 is 45.4 Å². The van der Waals surface area contributed by atoms with Gasteiger partial charge < -0.3 is 30.0 Å². The topological polar surface area (TPSA) is 106 Å². The van der Waals surface area contributed by atoms with Crippen LogP contribution in [0.5, 0.6) is 6.01 Å². The van der Waals surface area contributed by atoms with E-state index in [0.29, 0.717) is 28.8 Å². The lowest BCUT2D eigenvalue weighted by Gasteiger charge is -2.26. The molecule has 228 valence electrons. The second-order valence-corrected chi connectivity index (χ2v) is 10.5. The number of benzene rings is 2. The number of methoxy groups -OCH3 is 1. The maximum Gasteiger partial charge on any atom is 0.318 e. The molecule has 3 N–H and O–H groups in total. The summed E-state index contributed by atoms with van der Waals surface area (Å²) in [6.45, 7) is 7.87. The predicted molar refractivity (Wildman–Crippen MR) is 161 cm³/mol. The second kappa shape index (κ2) is 13.3. The molecule has 2 saturated heterocycles. The minimum Gasteiger partial charge on any atom is -0.467 e. The van der Waals surface area contributed by atoms with Crippen molar-refractivity contribution in [2.75, 3.05) is 64.1 Å². The largest absolute Gasteiger partial charge is 0.467 e. The molecule has 4 heterocycles. The zero-order valence-electron chi connectivity index (χ0n) is 24.5. The Bertz CT molecular complexity index is 1540. The number of nitrogens with zero attached hydrogens (tertiary/aromatic N) is 5. The number of hydrogen-bond donors (Lipinski definition) is 2. The van der Waals surface area contributed by atoms with Crippen molar-refractivity contribution < 1.29 is 22.3 Å². The quantitative estimate of drug-likeness (QED) is 0.294. The van der Waals surface area contributed by atoms with Crippen LogP contribution in [0.4, 0.5) is 25.0 Å². The Hall–Kier alpha value is -3.35. The van der Waals surface area contributed by atoms with E-state index in [1.54, 1.807) is 19.1 Å². The second-order valence-electron chi connectivity index (χ2n) is 10.1. The molecule has 9 nitrogen and oxygen atoms in total. The molecular formula is C29H37ClF3N7O2. The Morgan fingerprint density at radius 2 is 1.79 bits per heavy atom. The number of nitrogens with two attached hydrogens (primary N) is 1. The zero-order chi connectivity index (χ0) is 30.6. The van der Waals surface area contributed by atoms with Crippen molar-refractivity contribution in [3.63, 3.8) is 0 Å². The number of oxazole rings is 1. The van der Waals surface area contributed by atoms with Gasteiger partial charge in [-0.15, -0.1) is 0 Å². The van der Waals surface area contributed by atoms with Crippen molar-refractivity contribution in [3.05, 3.63) is 34.6 Å². The van der Waals surface area contributed by atoms with Crippen LogP contribution in [0.1, 0.15) is 32.3 Å². The Balaban J connectivity index is 0.000000445. The molecule has 2 aromatic carbocycles. The van der Waals surface area contributed by atoms with Crippen LogP contribution in [0.15, 0.2) is 22.6 Å². The molecule has 0 unspecified atom stereocenters. The first-order chi connectivity index (χ1) is 20.1. The summed E-state index contributed by atoms with van der Waals surface area (Å²) < 4.78 is 55.3. The molecule has 6 rings (SSSR count). The third kappa shape index (κ3) is 6.66. The molecule has 0 atom stereocenters. The summed E-state index contributed by atoms with van der Waals surface area (Å²) in [5, 5.41) is 2.93. The number of fused-ring (bicyclic) bond motifs is 2. The molecule has 2 fully saturated rings. The van der Waals surface area contributed by atoms with Gasteiger partial charge in [0, 0.05) is 29.6 Å². The summed E-state index contributed by atoms with van der Waals surface area (Å²) in [5.41, 5.74) is 7.43. The van der Waals surface area contributed by atoms with Crippen molar-refractivity contribution in [2.24, 2.45) is 0 Å². The lowest BCUT2D eigenvalue weighted by atomic mass is 9.97. The van der Waals surface area contributed by atoms with Gasteiger partial charge in [0.25, 0.3) is 11.9 Å². The van der Waals surface area contributed by atoms with Gasteiger partial charge in [-0.2, -0.15) is 15.0 Å². The SMILES string of the molecule is CC.CN1CCCC1.COc1nc(N2CCNCC(F)(F)C2)c2cc(Cl)c(-c3c(C)ccc4oc(N)nc34)c(F)c2n1. The normalized spacial score (nSPS) is 16.9. The van der Waals surface area contributed by atoms with Gasteiger partial charge in [0.1, 0.15) is 16.9 Å². The Labute approximate surface area is 248 Å². The molecule has 0 spiro atoms. The Morgan fingerprint density at radius 1 is 1.07 bits per heavy atom. The number of nitrogen functional groups attached to an aromatic ring is 1. The van der Waals surface area contributed by atoms with Crippen LogP contribution in [0.2, 0.25) is 5.02 Å². The number of alkyl halides is 2. The minimum absolute atomic E-state index is 0.0388. The lowest BCUT2D eigenvalue weighted by molar-refractivity contribution is 0.0156. The van der Waals surface area contributed by atoms with Crippen LogP contribution in [-0.2, 0) is 0 Å². The molecule has 0 bridgehead atoms. The number of likely N-dealkylation sites (tertiary alicyclic amines) is 1. The molecule has 2 aliphatic rings. The van der Waals surface area contributed by atoms with Crippen LogP contribution in [0.25, 0.3) is 33.1 Å². The minimum atomic E-state index is -3.01. The average molecular weight is 608 g/mol. The van der Waals surface area contributed by atoms with Gasteiger partial charge in [-0.05, 0) is 57.6 Å². The molecule has 13 heteroatoms. The number of nitrogens with one attached hydrogen (secondary N) is 1. The van der Waals surface area contributed by atoms with E-state index < -0.39 is 24.8 Å². The van der Waals surface area contributed by atoms with Crippen LogP contribution in [-0.4, -0.2) is 79.2 Å². The van der Waals surface area contributed by atoms with Gasteiger partial charge in [0.05, 0.1) is 25.2 Å². The van der Waals surface area contributed by atoms with E-state index in [-0.39, 0.29) is 45.9 Å². The summed E-state index contributed by atoms with van der Waals surface area (Å²) in [4.78, 5) is 16.4. The lowest BCUT2D eigenvalue weighted by Crippen LogP contribution is -2.39. The van der Waals surface area contributed by atoms with E-state index in [9.17, 15) is 8.78 Å². The summed E-state index contributed by atoms with van der Waals surface area (Å²) >= 11 is 6.60. The van der Waals surface area contributed by atoms with Crippen molar-refractivity contribution in [1.82, 2.24) is 25.2 Å². The van der Waals surface area contributed by atoms with Crippen LogP contribution >= 0.6 is 11.6 Å². The predicted octanol–water partition coefficient (Wildman–Crippen LogP) is 5.91. The van der Waals surface area contributed by atoms with Gasteiger partial charge in [0.15, 0.2) is 11.4 Å². The molecule has 0 aliphatic carbocycles. The standard InChI is InChI=1S/C22H20ClF3N6O2.C5H11N.C2H6/c1-10-3-4-13-18(29-20(27)34-13)14(10)15-12(23)7-11-17(16(15)24)30-21(33-2)31-19(11)32-6-5-28-8-22(25,26)9-32;1-6-4-2-3-5-6;1-2/h3-4,7,28H,5-6,8-9H2,1-2H3,(H2,27,29);2-5H2,1H3;1-2H3. The van der Waals surface area contributed by atoms with E-state index in [4.69, 9.17) is 26.5 Å². The Morgan fingerprint density at radius 3 is 2.43 bits per heavy atom. The number of halogens is 4. The average Bonchev–Trinajstić information content (AvgIpc) is 3.55. The molecule has 0 radical (unpaired) electrons. The highest BCUT2D eigenvalue weighted by atomic mass is 35.5. The maximum atomic E-state index is 16.1. The number of ether oxygens (including phenoxy) is 1. The van der Waals surface area contributed by atoms with Crippen molar-refractivity contribution in [3.8, 4) is 17.1 Å². The van der Waals surface area contributed by atoms with Gasteiger partial charge in [-0.25, -0.2) is 13.2 Å². The monoisotopic (exact) mass is 607 g/mol. The number of aryl methyl sites for hydroxylation is 1. The summed E-state index contributed by atoms with van der Waals surface area (Å²) in [6.07, 6.45) is 2.83. The van der Waals surface area contributed by atoms with E-state index in [2.05, 4.69) is 32.2 Å². The van der Waals surface area contributed by atoms with Crippen molar-refractivity contribution in [2.45, 2.75) is 39.5 Å². The highest BCUT2D eigenvalue weighted by Gasteiger charge is 2.35. The maximum absolute atomic E-state index is 16.1. The zero-order valence-corrected chi connectivity index (χ0v) is 25.3. The number of anilines is 2. The van der Waals surface area contributed by atoms with Gasteiger partial charge in [-0.1, -0.05) is 31.5 Å². The number of rotatable bonds is 3. The van der Waals surface area contributed by atoms with Crippen LogP contribution < -0.4 is 20.7 Å². The summed E-state index contributed by atoms with van der Waals surface area (Å²) in [6, 6.07) is 4.67. The molecule has 42 heavy (non-hydrogen) atoms. The molecule has 4 aromatic rings. The van der Waals surface area contributed by atoms with Gasteiger partial charge in [-0.3, -0.25) is 0 Å². The first kappa shape index (κ1) is 31.6. The van der Waals surface area contributed by atoms with Crippen molar-refractivity contribution in [1.29, 1.82) is 0 Å². The van der Waals surface area contributed by atoms with E-state index >= 15 is 4.39 Å². The van der Waals surface area contributed by atoms with E-state index in [1.807, 2.05) is 13.8 Å². The summed E-state index contributed by atoms with van der Waals surface area (Å²) in [7, 11) is 3.49. The van der Waals surface area contributed by atoms with Gasteiger partial charge in [0.2, 0.25) is 0 Å². The van der Waals surface area contributed by atoms with Crippen LogP contribution in [0.3, 0.4) is 0 Å². The summed E-state index contributed by atoms with van der Waals surface area (Å²) in [5.74, 6) is -3.66.